The van der Waals surface area contributed by atoms with E-state index < -0.39 is 15.4 Å². The molecule has 1 saturated heterocycles. The Morgan fingerprint density at radius 1 is 1.36 bits per heavy atom. The number of thioether (sulfide) groups is 1. The van der Waals surface area contributed by atoms with Gasteiger partial charge in [0.25, 0.3) is 5.56 Å². The lowest BCUT2D eigenvalue weighted by Gasteiger charge is -2.23. The minimum Gasteiger partial charge on any atom is -0.349 e. The zero-order valence-corrected chi connectivity index (χ0v) is 17.7. The van der Waals surface area contributed by atoms with E-state index in [0.717, 1.165) is 12.8 Å². The summed E-state index contributed by atoms with van der Waals surface area (Å²) in [6.07, 6.45) is 2.20. The van der Waals surface area contributed by atoms with Crippen LogP contribution in [0.5, 0.6) is 0 Å². The molecular weight excluding hydrogens is 398 g/mol. The molecule has 0 bridgehead atoms. The first-order valence-electron chi connectivity index (χ1n) is 9.37. The Morgan fingerprint density at radius 2 is 2.11 bits per heavy atom. The van der Waals surface area contributed by atoms with Gasteiger partial charge in [-0.3, -0.25) is 14.2 Å². The molecule has 9 heteroatoms. The van der Waals surface area contributed by atoms with Crippen LogP contribution in [-0.2, 0) is 21.2 Å². The van der Waals surface area contributed by atoms with Crippen molar-refractivity contribution in [2.24, 2.45) is 0 Å². The van der Waals surface area contributed by atoms with Crippen LogP contribution in [0.1, 0.15) is 33.1 Å². The SMILES string of the molecule is CCCCn1c(SCC(=O)N[C@]2(C)CCS(=O)(=O)C2)nc2ccccc2c1=O. The Balaban J connectivity index is 1.77. The van der Waals surface area contributed by atoms with Crippen molar-refractivity contribution in [3.05, 3.63) is 34.6 Å². The molecule has 1 atom stereocenters. The fraction of sp³-hybridized carbons (Fsp3) is 0.526. The van der Waals surface area contributed by atoms with Crippen molar-refractivity contribution in [3.8, 4) is 0 Å². The highest BCUT2D eigenvalue weighted by Gasteiger charge is 2.39. The normalized spacial score (nSPS) is 21.1. The number of amides is 1. The summed E-state index contributed by atoms with van der Waals surface area (Å²) < 4.78 is 25.0. The number of carbonyl (C=O) groups excluding carboxylic acids is 1. The molecular formula is C19H25N3O4S2. The minimum absolute atomic E-state index is 0.0359. The smallest absolute Gasteiger partial charge is 0.262 e. The topological polar surface area (TPSA) is 98.1 Å². The number of unbranched alkanes of at least 4 members (excludes halogenated alkanes) is 1. The number of sulfone groups is 1. The number of hydrogen-bond acceptors (Lipinski definition) is 6. The predicted molar refractivity (Wildman–Crippen MR) is 111 cm³/mol. The summed E-state index contributed by atoms with van der Waals surface area (Å²) in [5.41, 5.74) is -0.220. The molecule has 152 valence electrons. The third-order valence-corrected chi connectivity index (χ3v) is 7.72. The quantitative estimate of drug-likeness (QED) is 0.540. The number of hydrogen-bond donors (Lipinski definition) is 1. The molecule has 1 N–H and O–H groups in total. The van der Waals surface area contributed by atoms with Crippen LogP contribution in [0.15, 0.2) is 34.2 Å². The fourth-order valence-electron chi connectivity index (χ4n) is 3.38. The van der Waals surface area contributed by atoms with Gasteiger partial charge in [0.05, 0.1) is 33.7 Å². The highest BCUT2D eigenvalue weighted by atomic mass is 32.2. The molecule has 1 aliphatic heterocycles. The van der Waals surface area contributed by atoms with Gasteiger partial charge in [-0.2, -0.15) is 0 Å². The molecule has 1 aromatic carbocycles. The Morgan fingerprint density at radius 3 is 2.79 bits per heavy atom. The van der Waals surface area contributed by atoms with Crippen LogP contribution in [0.25, 0.3) is 10.9 Å². The Kier molecular flexibility index (Phi) is 6.14. The van der Waals surface area contributed by atoms with Gasteiger partial charge < -0.3 is 5.32 Å². The zero-order valence-electron chi connectivity index (χ0n) is 16.1. The van der Waals surface area contributed by atoms with Crippen molar-refractivity contribution in [2.75, 3.05) is 17.3 Å². The molecule has 1 aliphatic rings. The van der Waals surface area contributed by atoms with Crippen LogP contribution in [0.4, 0.5) is 0 Å². The molecule has 28 heavy (non-hydrogen) atoms. The van der Waals surface area contributed by atoms with E-state index in [4.69, 9.17) is 0 Å². The van der Waals surface area contributed by atoms with Crippen LogP contribution in [-0.4, -0.2) is 46.7 Å². The molecule has 1 fully saturated rings. The number of carbonyl (C=O) groups is 1. The lowest BCUT2D eigenvalue weighted by atomic mass is 10.0. The minimum atomic E-state index is -3.09. The van der Waals surface area contributed by atoms with E-state index in [1.54, 1.807) is 23.6 Å². The van der Waals surface area contributed by atoms with Gasteiger partial charge in [-0.25, -0.2) is 13.4 Å². The third-order valence-electron chi connectivity index (χ3n) is 4.84. The van der Waals surface area contributed by atoms with Gasteiger partial charge in [0.1, 0.15) is 0 Å². The fourth-order valence-corrected chi connectivity index (χ4v) is 6.30. The molecule has 2 heterocycles. The predicted octanol–water partition coefficient (Wildman–Crippen LogP) is 1.98. The summed E-state index contributed by atoms with van der Waals surface area (Å²) in [6.45, 7) is 4.36. The lowest BCUT2D eigenvalue weighted by molar-refractivity contribution is -0.120. The van der Waals surface area contributed by atoms with Gasteiger partial charge in [0.15, 0.2) is 15.0 Å². The van der Waals surface area contributed by atoms with Gasteiger partial charge in [-0.1, -0.05) is 37.2 Å². The molecule has 7 nitrogen and oxygen atoms in total. The summed E-state index contributed by atoms with van der Waals surface area (Å²) in [6, 6.07) is 7.19. The number of fused-ring (bicyclic) bond motifs is 1. The number of nitrogens with one attached hydrogen (secondary N) is 1. The first kappa shape index (κ1) is 20.9. The van der Waals surface area contributed by atoms with Gasteiger partial charge in [-0.05, 0) is 31.9 Å². The second-order valence-electron chi connectivity index (χ2n) is 7.46. The van der Waals surface area contributed by atoms with Gasteiger partial charge in [-0.15, -0.1) is 0 Å². The first-order valence-corrected chi connectivity index (χ1v) is 12.2. The highest BCUT2D eigenvalue weighted by Crippen LogP contribution is 2.24. The maximum atomic E-state index is 12.8. The third kappa shape index (κ3) is 4.75. The van der Waals surface area contributed by atoms with Crippen LogP contribution >= 0.6 is 11.8 Å². The first-order chi connectivity index (χ1) is 13.2. The van der Waals surface area contributed by atoms with E-state index in [1.807, 2.05) is 12.1 Å². The van der Waals surface area contributed by atoms with E-state index in [1.165, 1.54) is 11.8 Å². The Hall–Kier alpha value is -1.87. The molecule has 0 spiro atoms. The van der Waals surface area contributed by atoms with Crippen molar-refractivity contribution < 1.29 is 13.2 Å². The van der Waals surface area contributed by atoms with E-state index >= 15 is 0 Å². The van der Waals surface area contributed by atoms with E-state index in [0.29, 0.717) is 29.0 Å². The lowest BCUT2D eigenvalue weighted by Crippen LogP contribution is -2.47. The number of benzene rings is 1. The summed E-state index contributed by atoms with van der Waals surface area (Å²) in [5.74, 6) is -0.119. The maximum absolute atomic E-state index is 12.8. The molecule has 2 aromatic rings. The van der Waals surface area contributed by atoms with Crippen molar-refractivity contribution in [2.45, 2.75) is 50.4 Å². The van der Waals surface area contributed by atoms with Crippen molar-refractivity contribution in [1.82, 2.24) is 14.9 Å². The summed E-state index contributed by atoms with van der Waals surface area (Å²) in [7, 11) is -3.09. The van der Waals surface area contributed by atoms with Crippen LogP contribution < -0.4 is 10.9 Å². The van der Waals surface area contributed by atoms with Gasteiger partial charge in [0.2, 0.25) is 5.91 Å². The number of rotatable bonds is 7. The van der Waals surface area contributed by atoms with Crippen molar-refractivity contribution in [1.29, 1.82) is 0 Å². The van der Waals surface area contributed by atoms with Crippen molar-refractivity contribution >= 4 is 38.4 Å². The van der Waals surface area contributed by atoms with Crippen molar-refractivity contribution in [3.63, 3.8) is 0 Å². The standard InChI is InChI=1S/C19H25N3O4S2/c1-3-4-10-22-17(24)14-7-5-6-8-15(14)20-18(22)27-12-16(23)21-19(2)9-11-28(25,26)13-19/h5-8H,3-4,9-13H2,1-2H3,(H,21,23)/t19-/m1/s1. The molecule has 1 amide bonds. The van der Waals surface area contributed by atoms with E-state index in [2.05, 4.69) is 17.2 Å². The van der Waals surface area contributed by atoms with Crippen LogP contribution in [0.2, 0.25) is 0 Å². The molecule has 3 rings (SSSR count). The molecule has 0 saturated carbocycles. The summed E-state index contributed by atoms with van der Waals surface area (Å²) in [4.78, 5) is 29.8. The molecule has 1 aromatic heterocycles. The average molecular weight is 424 g/mol. The monoisotopic (exact) mass is 423 g/mol. The zero-order chi connectivity index (χ0) is 20.4. The average Bonchev–Trinajstić information content (AvgIpc) is 2.92. The largest absolute Gasteiger partial charge is 0.349 e. The van der Waals surface area contributed by atoms with Crippen LogP contribution in [0, 0.1) is 0 Å². The van der Waals surface area contributed by atoms with Gasteiger partial charge >= 0.3 is 0 Å². The Bertz CT molecular complexity index is 1050. The van der Waals surface area contributed by atoms with E-state index in [-0.39, 0.29) is 28.7 Å². The Labute approximate surface area is 168 Å². The number of nitrogens with zero attached hydrogens (tertiary/aromatic N) is 2. The summed E-state index contributed by atoms with van der Waals surface area (Å²) in [5, 5.41) is 3.92. The molecule has 0 unspecified atom stereocenters. The second kappa shape index (κ2) is 8.24. The molecule has 0 radical (unpaired) electrons. The van der Waals surface area contributed by atoms with E-state index in [9.17, 15) is 18.0 Å². The molecule has 0 aliphatic carbocycles. The number of para-hydroxylation sites is 1. The van der Waals surface area contributed by atoms with Crippen LogP contribution in [0.3, 0.4) is 0 Å². The maximum Gasteiger partial charge on any atom is 0.262 e. The van der Waals surface area contributed by atoms with Gasteiger partial charge in [0, 0.05) is 6.54 Å². The highest BCUT2D eigenvalue weighted by molar-refractivity contribution is 7.99. The second-order valence-corrected chi connectivity index (χ2v) is 10.6. The number of aromatic nitrogens is 2. The summed E-state index contributed by atoms with van der Waals surface area (Å²) >= 11 is 1.21.